The molecule has 4 rings (SSSR count). The summed E-state index contributed by atoms with van der Waals surface area (Å²) in [5.41, 5.74) is 4.06. The summed E-state index contributed by atoms with van der Waals surface area (Å²) in [6.45, 7) is 6.60. The van der Waals surface area contributed by atoms with Crippen molar-refractivity contribution in [1.29, 1.82) is 0 Å². The molecule has 7 heteroatoms. The van der Waals surface area contributed by atoms with Crippen molar-refractivity contribution in [2.45, 2.75) is 39.5 Å². The van der Waals surface area contributed by atoms with E-state index in [1.165, 1.54) is 0 Å². The molecule has 1 aliphatic rings. The molecule has 0 atom stereocenters. The summed E-state index contributed by atoms with van der Waals surface area (Å²) < 4.78 is 5.51. The Morgan fingerprint density at radius 3 is 2.81 bits per heavy atom. The van der Waals surface area contributed by atoms with E-state index < -0.39 is 5.60 Å². The van der Waals surface area contributed by atoms with E-state index in [2.05, 4.69) is 15.0 Å². The highest BCUT2D eigenvalue weighted by atomic mass is 35.5. The summed E-state index contributed by atoms with van der Waals surface area (Å²) in [4.78, 5) is 25.9. The number of benzene rings is 1. The minimum Gasteiger partial charge on any atom is -0.444 e. The van der Waals surface area contributed by atoms with E-state index in [0.29, 0.717) is 18.7 Å². The predicted octanol–water partition coefficient (Wildman–Crippen LogP) is 4.53. The van der Waals surface area contributed by atoms with Crippen molar-refractivity contribution in [2.24, 2.45) is 0 Å². The maximum Gasteiger partial charge on any atom is 0.410 e. The number of carbonyl (C=O) groups excluding carboxylic acids is 1. The number of amides is 1. The number of ether oxygens (including phenoxy) is 1. The van der Waals surface area contributed by atoms with Crippen LogP contribution in [0.4, 0.5) is 4.79 Å². The largest absolute Gasteiger partial charge is 0.444 e. The molecule has 3 aromatic rings. The molecule has 0 aliphatic carbocycles. The second kappa shape index (κ2) is 5.99. The average molecular weight is 371 g/mol. The van der Waals surface area contributed by atoms with E-state index in [9.17, 15) is 4.79 Å². The predicted molar refractivity (Wildman–Crippen MR) is 99.8 cm³/mol. The van der Waals surface area contributed by atoms with Crippen molar-refractivity contribution in [1.82, 2.24) is 19.9 Å². The second-order valence-electron chi connectivity index (χ2n) is 7.36. The fourth-order valence-corrected chi connectivity index (χ4v) is 3.39. The Morgan fingerprint density at radius 1 is 1.23 bits per heavy atom. The monoisotopic (exact) mass is 370 g/mol. The lowest BCUT2D eigenvalue weighted by atomic mass is 9.99. The van der Waals surface area contributed by atoms with Crippen LogP contribution in [0.5, 0.6) is 0 Å². The first-order valence-corrected chi connectivity index (χ1v) is 8.79. The Balaban J connectivity index is 1.74. The van der Waals surface area contributed by atoms with Crippen LogP contribution in [-0.2, 0) is 17.8 Å². The number of hydrogen-bond acceptors (Lipinski definition) is 4. The lowest BCUT2D eigenvalue weighted by molar-refractivity contribution is 0.0242. The van der Waals surface area contributed by atoms with Crippen molar-refractivity contribution in [3.05, 3.63) is 46.9 Å². The van der Waals surface area contributed by atoms with Crippen LogP contribution in [0.1, 0.15) is 31.9 Å². The highest BCUT2D eigenvalue weighted by Crippen LogP contribution is 2.35. The van der Waals surface area contributed by atoms with Crippen LogP contribution in [0.3, 0.4) is 0 Å². The van der Waals surface area contributed by atoms with Crippen molar-refractivity contribution < 1.29 is 9.53 Å². The van der Waals surface area contributed by atoms with Crippen LogP contribution in [0.25, 0.3) is 22.3 Å². The van der Waals surface area contributed by atoms with Crippen LogP contribution in [0, 0.1) is 0 Å². The molecule has 0 radical (unpaired) electrons. The Bertz CT molecular complexity index is 1010. The third kappa shape index (κ3) is 3.01. The zero-order chi connectivity index (χ0) is 18.5. The lowest BCUT2D eigenvalue weighted by Gasteiger charge is -2.24. The van der Waals surface area contributed by atoms with E-state index in [1.54, 1.807) is 4.90 Å². The number of aromatic nitrogens is 3. The summed E-state index contributed by atoms with van der Waals surface area (Å²) >= 11 is 6.11. The van der Waals surface area contributed by atoms with Gasteiger partial charge in [-0.15, -0.1) is 0 Å². The normalized spacial score (nSPS) is 13.9. The first-order chi connectivity index (χ1) is 12.3. The summed E-state index contributed by atoms with van der Waals surface area (Å²) in [6, 6.07) is 7.94. The van der Waals surface area contributed by atoms with Crippen LogP contribution in [-0.4, -0.2) is 31.5 Å². The fourth-order valence-electron chi connectivity index (χ4n) is 3.22. The number of nitrogens with zero attached hydrogens (tertiary/aromatic N) is 3. The highest BCUT2D eigenvalue weighted by Gasteiger charge is 2.30. The van der Waals surface area contributed by atoms with Gasteiger partial charge in [0.05, 0.1) is 12.2 Å². The van der Waals surface area contributed by atoms with Gasteiger partial charge in [0.1, 0.15) is 11.2 Å². The maximum atomic E-state index is 12.5. The van der Waals surface area contributed by atoms with Crippen molar-refractivity contribution in [3.8, 4) is 11.3 Å². The molecule has 0 fully saturated rings. The number of H-pyrrole nitrogens is 1. The van der Waals surface area contributed by atoms with Gasteiger partial charge in [0, 0.05) is 23.7 Å². The molecule has 2 aromatic heterocycles. The number of rotatable bonds is 1. The summed E-state index contributed by atoms with van der Waals surface area (Å²) in [7, 11) is 0. The molecule has 0 saturated heterocycles. The Hall–Kier alpha value is -2.60. The molecule has 26 heavy (non-hydrogen) atoms. The number of aromatic amines is 1. The molecule has 0 spiro atoms. The molecular formula is C19H19ClN4O2. The van der Waals surface area contributed by atoms with Gasteiger partial charge < -0.3 is 9.72 Å². The first kappa shape index (κ1) is 16.8. The fraction of sp³-hybridized carbons (Fsp3) is 0.316. The maximum absolute atomic E-state index is 12.5. The Morgan fingerprint density at radius 2 is 2.04 bits per heavy atom. The topological polar surface area (TPSA) is 71.1 Å². The standard InChI is InChI=1S/C19H19ClN4O2/c1-19(2,3)26-18(25)24-9-11-5-4-6-12(14(11)10-24)15-13-7-8-21-16(13)23-17(20)22-15/h4-8H,9-10H2,1-3H3,(H,21,22,23). The number of nitrogens with one attached hydrogen (secondary N) is 1. The van der Waals surface area contributed by atoms with E-state index in [0.717, 1.165) is 27.8 Å². The quantitative estimate of drug-likeness (QED) is 0.639. The zero-order valence-corrected chi connectivity index (χ0v) is 15.6. The lowest BCUT2D eigenvalue weighted by Crippen LogP contribution is -2.33. The molecular weight excluding hydrogens is 352 g/mol. The minimum absolute atomic E-state index is 0.189. The molecule has 6 nitrogen and oxygen atoms in total. The van der Waals surface area contributed by atoms with Crippen molar-refractivity contribution >= 4 is 28.7 Å². The van der Waals surface area contributed by atoms with Crippen LogP contribution in [0.2, 0.25) is 5.28 Å². The van der Waals surface area contributed by atoms with E-state index in [4.69, 9.17) is 16.3 Å². The highest BCUT2D eigenvalue weighted by molar-refractivity contribution is 6.28. The van der Waals surface area contributed by atoms with Gasteiger partial charge in [0.25, 0.3) is 0 Å². The van der Waals surface area contributed by atoms with Crippen LogP contribution in [0.15, 0.2) is 30.5 Å². The van der Waals surface area contributed by atoms with Crippen LogP contribution < -0.4 is 0 Å². The van der Waals surface area contributed by atoms with Crippen LogP contribution >= 0.6 is 11.6 Å². The third-order valence-electron chi connectivity index (χ3n) is 4.28. The number of halogens is 1. The molecule has 1 aromatic carbocycles. The van der Waals surface area contributed by atoms with Crippen molar-refractivity contribution in [2.75, 3.05) is 0 Å². The van der Waals surface area contributed by atoms with Crippen molar-refractivity contribution in [3.63, 3.8) is 0 Å². The molecule has 0 bridgehead atoms. The van der Waals surface area contributed by atoms with Gasteiger partial charge in [0.2, 0.25) is 5.28 Å². The number of hydrogen-bond donors (Lipinski definition) is 1. The zero-order valence-electron chi connectivity index (χ0n) is 14.8. The summed E-state index contributed by atoms with van der Waals surface area (Å²) in [5.74, 6) is 0. The van der Waals surface area contributed by atoms with Gasteiger partial charge in [-0.05, 0) is 49.6 Å². The molecule has 0 saturated carbocycles. The van der Waals surface area contributed by atoms with Gasteiger partial charge in [-0.25, -0.2) is 9.78 Å². The van der Waals surface area contributed by atoms with E-state index >= 15 is 0 Å². The van der Waals surface area contributed by atoms with Gasteiger partial charge >= 0.3 is 6.09 Å². The molecule has 1 amide bonds. The summed E-state index contributed by atoms with van der Waals surface area (Å²) in [6.07, 6.45) is 1.50. The Labute approximate surface area is 156 Å². The third-order valence-corrected chi connectivity index (χ3v) is 4.45. The van der Waals surface area contributed by atoms with Gasteiger partial charge in [-0.3, -0.25) is 4.90 Å². The molecule has 0 unspecified atom stereocenters. The average Bonchev–Trinajstić information content (AvgIpc) is 3.18. The van der Waals surface area contributed by atoms with E-state index in [1.807, 2.05) is 51.2 Å². The molecule has 134 valence electrons. The summed E-state index contributed by atoms with van der Waals surface area (Å²) in [5, 5.41) is 1.09. The number of carbonyl (C=O) groups is 1. The SMILES string of the molecule is CC(C)(C)OC(=O)N1Cc2cccc(-c3nc(Cl)nc4[nH]ccc34)c2C1. The second-order valence-corrected chi connectivity index (χ2v) is 7.70. The molecule has 3 heterocycles. The van der Waals surface area contributed by atoms with Gasteiger partial charge in [-0.1, -0.05) is 18.2 Å². The van der Waals surface area contributed by atoms with Gasteiger partial charge in [-0.2, -0.15) is 4.98 Å². The molecule has 1 aliphatic heterocycles. The van der Waals surface area contributed by atoms with E-state index in [-0.39, 0.29) is 11.4 Å². The van der Waals surface area contributed by atoms with Gasteiger partial charge in [0.15, 0.2) is 0 Å². The minimum atomic E-state index is -0.522. The Kier molecular flexibility index (Phi) is 3.88. The number of fused-ring (bicyclic) bond motifs is 2. The smallest absolute Gasteiger partial charge is 0.410 e. The molecule has 1 N–H and O–H groups in total. The first-order valence-electron chi connectivity index (χ1n) is 8.41.